The van der Waals surface area contributed by atoms with Crippen molar-refractivity contribution in [1.29, 1.82) is 0 Å². The summed E-state index contributed by atoms with van der Waals surface area (Å²) in [7, 11) is 1.50. The second-order valence-electron chi connectivity index (χ2n) is 7.24. The summed E-state index contributed by atoms with van der Waals surface area (Å²) >= 11 is 3.38. The highest BCUT2D eigenvalue weighted by atomic mass is 79.9. The number of halogens is 1. The van der Waals surface area contributed by atoms with Gasteiger partial charge in [0.15, 0.2) is 11.2 Å². The number of imidazole rings is 1. The van der Waals surface area contributed by atoms with Crippen LogP contribution in [0.4, 0.5) is 5.95 Å². The highest BCUT2D eigenvalue weighted by Crippen LogP contribution is 2.17. The van der Waals surface area contributed by atoms with E-state index in [1.54, 1.807) is 18.3 Å². The third kappa shape index (κ3) is 5.21. The Kier molecular flexibility index (Phi) is 6.71. The average molecular weight is 513 g/mol. The Morgan fingerprint density at radius 1 is 1.21 bits per heavy atom. The van der Waals surface area contributed by atoms with Crippen LogP contribution < -0.4 is 21.4 Å². The molecule has 1 atom stereocenters. The molecule has 0 fully saturated rings. The van der Waals surface area contributed by atoms with E-state index >= 15 is 0 Å². The molecule has 4 aromatic rings. The second-order valence-corrected chi connectivity index (χ2v) is 8.15. The molecule has 3 N–H and O–H groups in total. The summed E-state index contributed by atoms with van der Waals surface area (Å²) in [5, 5.41) is 14.8. The molecule has 4 rings (SSSR count). The monoisotopic (exact) mass is 512 g/mol. The molecule has 0 aliphatic rings. The van der Waals surface area contributed by atoms with E-state index in [4.69, 9.17) is 4.74 Å². The van der Waals surface area contributed by atoms with E-state index in [2.05, 4.69) is 36.4 Å². The molecule has 0 aliphatic carbocycles. The van der Waals surface area contributed by atoms with E-state index in [0.717, 1.165) is 10.0 Å². The van der Waals surface area contributed by atoms with Crippen molar-refractivity contribution in [3.05, 3.63) is 85.5 Å². The molecular weight excluding hydrogens is 492 g/mol. The Balaban J connectivity index is 1.62. The average Bonchev–Trinajstić information content (AvgIpc) is 3.17. The number of aromatic nitrogens is 4. The van der Waals surface area contributed by atoms with Gasteiger partial charge in [0, 0.05) is 11.5 Å². The molecule has 0 amide bonds. The number of hydrogen-bond donors (Lipinski definition) is 3. The molecule has 0 unspecified atom stereocenters. The maximum atomic E-state index is 12.6. The van der Waals surface area contributed by atoms with Crippen LogP contribution in [-0.2, 0) is 13.6 Å². The Hall–Kier alpha value is -3.70. The highest BCUT2D eigenvalue weighted by molar-refractivity contribution is 9.10. The van der Waals surface area contributed by atoms with Gasteiger partial charge in [-0.1, -0.05) is 46.3 Å². The smallest absolute Gasteiger partial charge is 0.329 e. The van der Waals surface area contributed by atoms with E-state index in [0.29, 0.717) is 5.75 Å². The zero-order valence-electron chi connectivity index (χ0n) is 17.6. The van der Waals surface area contributed by atoms with Crippen molar-refractivity contribution >= 4 is 39.3 Å². The van der Waals surface area contributed by atoms with Gasteiger partial charge in [-0.2, -0.15) is 10.1 Å². The van der Waals surface area contributed by atoms with Gasteiger partial charge in [0.25, 0.3) is 5.56 Å². The number of aryl methyl sites for hydroxylation is 1. The Bertz CT molecular complexity index is 1390. The van der Waals surface area contributed by atoms with Crippen molar-refractivity contribution in [2.45, 2.75) is 12.6 Å². The third-order valence-electron chi connectivity index (χ3n) is 4.83. The number of nitrogens with one attached hydrogen (secondary N) is 2. The van der Waals surface area contributed by atoms with Gasteiger partial charge in [-0.3, -0.25) is 14.3 Å². The number of nitrogens with zero attached hydrogens (tertiary/aromatic N) is 4. The number of anilines is 1. The molecule has 0 saturated carbocycles. The van der Waals surface area contributed by atoms with E-state index in [-0.39, 0.29) is 30.3 Å². The minimum Gasteiger partial charge on any atom is -0.491 e. The molecule has 11 heteroatoms. The van der Waals surface area contributed by atoms with Gasteiger partial charge in [0.1, 0.15) is 18.5 Å². The number of hydrogen-bond acceptors (Lipinski definition) is 7. The summed E-state index contributed by atoms with van der Waals surface area (Å²) in [6.07, 6.45) is 0.629. The van der Waals surface area contributed by atoms with Crippen LogP contribution in [0.1, 0.15) is 5.56 Å². The molecule has 0 saturated heterocycles. The molecule has 2 aromatic carbocycles. The van der Waals surface area contributed by atoms with Crippen LogP contribution >= 0.6 is 15.9 Å². The van der Waals surface area contributed by atoms with Crippen molar-refractivity contribution in [2.75, 3.05) is 12.0 Å². The minimum absolute atomic E-state index is 0.00500. The van der Waals surface area contributed by atoms with Crippen LogP contribution in [-0.4, -0.2) is 43.1 Å². The maximum Gasteiger partial charge on any atom is 0.329 e. The normalized spacial score (nSPS) is 12.3. The first kappa shape index (κ1) is 22.5. The predicted molar refractivity (Wildman–Crippen MR) is 129 cm³/mol. The van der Waals surface area contributed by atoms with E-state index in [9.17, 15) is 14.7 Å². The summed E-state index contributed by atoms with van der Waals surface area (Å²) in [5.74, 6) is 0.813. The predicted octanol–water partition coefficient (Wildman–Crippen LogP) is 2.07. The zero-order valence-corrected chi connectivity index (χ0v) is 19.2. The van der Waals surface area contributed by atoms with E-state index in [1.807, 2.05) is 42.5 Å². The number of benzene rings is 2. The standard InChI is InChI=1S/C22H21BrN6O4/c1-28-19-18(20(31)26-22(28)32)29(12-16(30)13-33-17-5-3-2-4-6-17)21(25-19)27-24-11-14-7-9-15(23)10-8-14/h2-11,16,30H,12-13H2,1H3,(H,25,27)(H,26,31,32)/b24-11-/t16-/m1/s1. The Labute approximate surface area is 196 Å². The first-order valence-electron chi connectivity index (χ1n) is 10.0. The number of ether oxygens (including phenoxy) is 1. The number of para-hydroxylation sites is 1. The largest absolute Gasteiger partial charge is 0.491 e. The van der Waals surface area contributed by atoms with Crippen LogP contribution in [0, 0.1) is 0 Å². The molecule has 33 heavy (non-hydrogen) atoms. The molecule has 2 aromatic heterocycles. The molecule has 0 spiro atoms. The van der Waals surface area contributed by atoms with Gasteiger partial charge in [-0.15, -0.1) is 0 Å². The van der Waals surface area contributed by atoms with Crippen LogP contribution in [0.25, 0.3) is 11.2 Å². The van der Waals surface area contributed by atoms with Crippen LogP contribution in [0.2, 0.25) is 0 Å². The van der Waals surface area contributed by atoms with Gasteiger partial charge < -0.3 is 14.4 Å². The van der Waals surface area contributed by atoms with Crippen molar-refractivity contribution in [1.82, 2.24) is 19.1 Å². The highest BCUT2D eigenvalue weighted by Gasteiger charge is 2.19. The maximum absolute atomic E-state index is 12.6. The first-order chi connectivity index (χ1) is 15.9. The summed E-state index contributed by atoms with van der Waals surface area (Å²) in [5.41, 5.74) is 2.76. The number of aliphatic hydroxyl groups excluding tert-OH is 1. The second kappa shape index (κ2) is 9.84. The number of aromatic amines is 1. The van der Waals surface area contributed by atoms with Crippen molar-refractivity contribution in [3.63, 3.8) is 0 Å². The molecular formula is C22H21BrN6O4. The van der Waals surface area contributed by atoms with Gasteiger partial charge >= 0.3 is 5.69 Å². The minimum atomic E-state index is -0.963. The van der Waals surface area contributed by atoms with Crippen LogP contribution in [0.15, 0.2) is 73.8 Å². The van der Waals surface area contributed by atoms with Crippen LogP contribution in [0.5, 0.6) is 5.75 Å². The van der Waals surface area contributed by atoms with Crippen molar-refractivity contribution in [3.8, 4) is 5.75 Å². The number of fused-ring (bicyclic) bond motifs is 1. The lowest BCUT2D eigenvalue weighted by Crippen LogP contribution is -2.30. The summed E-state index contributed by atoms with van der Waals surface area (Å²) < 4.78 is 9.26. The molecule has 10 nitrogen and oxygen atoms in total. The van der Waals surface area contributed by atoms with E-state index < -0.39 is 17.4 Å². The topological polar surface area (TPSA) is 127 Å². The fraction of sp³-hybridized carbons (Fsp3) is 0.182. The molecule has 2 heterocycles. The summed E-state index contributed by atoms with van der Waals surface area (Å²) in [6.45, 7) is -0.0181. The third-order valence-corrected chi connectivity index (χ3v) is 5.36. The van der Waals surface area contributed by atoms with Crippen molar-refractivity contribution in [2.24, 2.45) is 12.1 Å². The van der Waals surface area contributed by atoms with Gasteiger partial charge in [-0.25, -0.2) is 10.2 Å². The quantitative estimate of drug-likeness (QED) is 0.245. The number of rotatable bonds is 8. The SMILES string of the molecule is Cn1c(=O)[nH]c(=O)c2c1nc(N/N=C\c1ccc(Br)cc1)n2C[C@@H](O)COc1ccccc1. The first-order valence-corrected chi connectivity index (χ1v) is 10.8. The van der Waals surface area contributed by atoms with Gasteiger partial charge in [-0.05, 0) is 29.8 Å². The number of aliphatic hydroxyl groups is 1. The lowest BCUT2D eigenvalue weighted by Gasteiger charge is -2.15. The fourth-order valence-electron chi connectivity index (χ4n) is 3.18. The van der Waals surface area contributed by atoms with Gasteiger partial charge in [0.05, 0.1) is 12.8 Å². The van der Waals surface area contributed by atoms with Gasteiger partial charge in [0.2, 0.25) is 5.95 Å². The lowest BCUT2D eigenvalue weighted by atomic mass is 10.2. The lowest BCUT2D eigenvalue weighted by molar-refractivity contribution is 0.0938. The van der Waals surface area contributed by atoms with E-state index in [1.165, 1.54) is 16.2 Å². The molecule has 0 radical (unpaired) electrons. The Morgan fingerprint density at radius 3 is 2.67 bits per heavy atom. The number of H-pyrrole nitrogens is 1. The molecule has 0 aliphatic heterocycles. The molecule has 0 bridgehead atoms. The Morgan fingerprint density at radius 2 is 1.94 bits per heavy atom. The zero-order chi connectivity index (χ0) is 23.4. The molecule has 170 valence electrons. The fourth-order valence-corrected chi connectivity index (χ4v) is 3.45. The van der Waals surface area contributed by atoms with Crippen LogP contribution in [0.3, 0.4) is 0 Å². The number of hydrazone groups is 1. The summed E-state index contributed by atoms with van der Waals surface area (Å²) in [6, 6.07) is 16.6. The summed E-state index contributed by atoms with van der Waals surface area (Å²) in [4.78, 5) is 31.2. The van der Waals surface area contributed by atoms with Crippen molar-refractivity contribution < 1.29 is 9.84 Å².